The van der Waals surface area contributed by atoms with Crippen LogP contribution in [0.3, 0.4) is 0 Å². The lowest BCUT2D eigenvalue weighted by molar-refractivity contribution is -0.121. The van der Waals surface area contributed by atoms with Gasteiger partial charge in [0.05, 0.1) is 14.2 Å². The minimum Gasteiger partial charge on any atom is -0.496 e. The van der Waals surface area contributed by atoms with E-state index in [4.69, 9.17) is 9.47 Å². The molecule has 0 aromatic heterocycles. The molecular formula is C16H21N3O4. The molecule has 23 heavy (non-hydrogen) atoms. The van der Waals surface area contributed by atoms with Crippen LogP contribution >= 0.6 is 0 Å². The smallest absolute Gasteiger partial charge is 0.267 e. The molecule has 1 aromatic rings. The van der Waals surface area contributed by atoms with Crippen LogP contribution in [-0.2, 0) is 16.0 Å². The summed E-state index contributed by atoms with van der Waals surface area (Å²) in [4.78, 5) is 23.0. The Labute approximate surface area is 135 Å². The summed E-state index contributed by atoms with van der Waals surface area (Å²) in [5, 5.41) is 6.57. The fraction of sp³-hybridized carbons (Fsp3) is 0.438. The number of methoxy groups -OCH3 is 2. The Hall–Kier alpha value is -2.57. The van der Waals surface area contributed by atoms with Gasteiger partial charge in [-0.15, -0.1) is 0 Å². The molecule has 124 valence electrons. The third kappa shape index (κ3) is 4.21. The molecule has 1 aliphatic rings. The van der Waals surface area contributed by atoms with Crippen molar-refractivity contribution in [1.29, 1.82) is 0 Å². The van der Waals surface area contributed by atoms with Crippen LogP contribution in [0, 0.1) is 6.92 Å². The van der Waals surface area contributed by atoms with Crippen LogP contribution < -0.4 is 20.2 Å². The summed E-state index contributed by atoms with van der Waals surface area (Å²) in [6.07, 6.45) is 1.25. The van der Waals surface area contributed by atoms with Gasteiger partial charge in [0, 0.05) is 19.4 Å². The van der Waals surface area contributed by atoms with E-state index in [-0.39, 0.29) is 18.2 Å². The molecule has 0 saturated heterocycles. The molecule has 0 bridgehead atoms. The van der Waals surface area contributed by atoms with E-state index in [1.807, 2.05) is 19.1 Å². The van der Waals surface area contributed by atoms with Gasteiger partial charge in [-0.1, -0.05) is 0 Å². The maximum atomic E-state index is 12.0. The average Bonchev–Trinajstić information content (AvgIpc) is 2.56. The first-order valence-corrected chi connectivity index (χ1v) is 7.40. The van der Waals surface area contributed by atoms with E-state index in [0.29, 0.717) is 25.1 Å². The topological polar surface area (TPSA) is 89.0 Å². The van der Waals surface area contributed by atoms with Crippen LogP contribution in [0.15, 0.2) is 17.2 Å². The molecule has 1 aliphatic heterocycles. The molecule has 0 saturated carbocycles. The predicted octanol–water partition coefficient (Wildman–Crippen LogP) is 0.937. The molecule has 1 heterocycles. The minimum absolute atomic E-state index is 0.168. The molecule has 2 N–H and O–H groups in total. The number of nitrogens with one attached hydrogen (secondary N) is 2. The molecule has 1 aromatic carbocycles. The monoisotopic (exact) mass is 319 g/mol. The fourth-order valence-electron chi connectivity index (χ4n) is 2.36. The van der Waals surface area contributed by atoms with Gasteiger partial charge in [-0.25, -0.2) is 5.43 Å². The highest BCUT2D eigenvalue weighted by molar-refractivity contribution is 6.39. The van der Waals surface area contributed by atoms with Crippen molar-refractivity contribution in [2.45, 2.75) is 26.2 Å². The Morgan fingerprint density at radius 1 is 1.26 bits per heavy atom. The number of amides is 2. The van der Waals surface area contributed by atoms with E-state index >= 15 is 0 Å². The number of hydrogen-bond donors (Lipinski definition) is 2. The lowest BCUT2D eigenvalue weighted by Gasteiger charge is -2.14. The summed E-state index contributed by atoms with van der Waals surface area (Å²) in [5.41, 5.74) is 4.60. The normalized spacial score (nSPS) is 13.9. The fourth-order valence-corrected chi connectivity index (χ4v) is 2.36. The van der Waals surface area contributed by atoms with Crippen LogP contribution in [0.4, 0.5) is 0 Å². The average molecular weight is 319 g/mol. The van der Waals surface area contributed by atoms with Gasteiger partial charge in [-0.3, -0.25) is 9.59 Å². The lowest BCUT2D eigenvalue weighted by Crippen LogP contribution is -2.37. The Balaban J connectivity index is 1.95. The summed E-state index contributed by atoms with van der Waals surface area (Å²) in [7, 11) is 3.23. The summed E-state index contributed by atoms with van der Waals surface area (Å²) < 4.78 is 10.7. The zero-order valence-electron chi connectivity index (χ0n) is 13.6. The predicted molar refractivity (Wildman–Crippen MR) is 85.8 cm³/mol. The second-order valence-corrected chi connectivity index (χ2v) is 5.23. The zero-order chi connectivity index (χ0) is 16.8. The number of nitrogens with zero attached hydrogens (tertiary/aromatic N) is 1. The second kappa shape index (κ2) is 7.62. The van der Waals surface area contributed by atoms with Crippen molar-refractivity contribution < 1.29 is 19.1 Å². The maximum absolute atomic E-state index is 12.0. The molecule has 0 radical (unpaired) electrons. The van der Waals surface area contributed by atoms with Gasteiger partial charge in [-0.05, 0) is 36.6 Å². The summed E-state index contributed by atoms with van der Waals surface area (Å²) in [5.74, 6) is 1.12. The van der Waals surface area contributed by atoms with Gasteiger partial charge in [-0.2, -0.15) is 5.10 Å². The van der Waals surface area contributed by atoms with Crippen LogP contribution in [0.5, 0.6) is 11.5 Å². The number of benzene rings is 1. The Morgan fingerprint density at radius 2 is 2.00 bits per heavy atom. The highest BCUT2D eigenvalue weighted by Crippen LogP contribution is 2.28. The van der Waals surface area contributed by atoms with Gasteiger partial charge in [0.2, 0.25) is 5.91 Å². The van der Waals surface area contributed by atoms with E-state index in [0.717, 1.165) is 22.6 Å². The second-order valence-electron chi connectivity index (χ2n) is 5.23. The van der Waals surface area contributed by atoms with Gasteiger partial charge in [0.1, 0.15) is 17.2 Å². The van der Waals surface area contributed by atoms with E-state index in [9.17, 15) is 9.59 Å². The van der Waals surface area contributed by atoms with Crippen LogP contribution in [0.2, 0.25) is 0 Å². The minimum atomic E-state index is -0.261. The molecule has 0 fully saturated rings. The van der Waals surface area contributed by atoms with Crippen molar-refractivity contribution in [2.24, 2.45) is 5.10 Å². The van der Waals surface area contributed by atoms with E-state index in [1.54, 1.807) is 14.2 Å². The largest absolute Gasteiger partial charge is 0.496 e. The molecule has 2 rings (SSSR count). The highest BCUT2D eigenvalue weighted by atomic mass is 16.5. The van der Waals surface area contributed by atoms with E-state index in [1.165, 1.54) is 0 Å². The molecule has 0 spiro atoms. The van der Waals surface area contributed by atoms with Crippen molar-refractivity contribution in [3.8, 4) is 11.5 Å². The molecule has 0 aliphatic carbocycles. The third-order valence-electron chi connectivity index (χ3n) is 3.64. The standard InChI is InChI=1S/C16H21N3O4/c1-10-8-14(23-3)11(9-13(10)22-2)6-7-17-16(21)12-4-5-15(20)19-18-12/h8-9H,4-7H2,1-3H3,(H,17,21)(H,19,20). The van der Waals surface area contributed by atoms with Crippen molar-refractivity contribution in [3.05, 3.63) is 23.3 Å². The van der Waals surface area contributed by atoms with Crippen LogP contribution in [0.1, 0.15) is 24.0 Å². The van der Waals surface area contributed by atoms with Gasteiger partial charge in [0.25, 0.3) is 5.91 Å². The van der Waals surface area contributed by atoms with E-state index < -0.39 is 0 Å². The molecular weight excluding hydrogens is 298 g/mol. The summed E-state index contributed by atoms with van der Waals surface area (Å²) in [6, 6.07) is 3.83. The first kappa shape index (κ1) is 16.8. The summed E-state index contributed by atoms with van der Waals surface area (Å²) in [6.45, 7) is 2.39. The number of ether oxygens (including phenoxy) is 2. The Morgan fingerprint density at radius 3 is 2.61 bits per heavy atom. The number of rotatable bonds is 6. The number of aryl methyl sites for hydroxylation is 1. The first-order chi connectivity index (χ1) is 11.0. The van der Waals surface area contributed by atoms with E-state index in [2.05, 4.69) is 15.8 Å². The summed E-state index contributed by atoms with van der Waals surface area (Å²) >= 11 is 0. The van der Waals surface area contributed by atoms with Crippen molar-refractivity contribution >= 4 is 17.5 Å². The molecule has 0 unspecified atom stereocenters. The molecule has 7 nitrogen and oxygen atoms in total. The number of carbonyl (C=O) groups excluding carboxylic acids is 2. The quantitative estimate of drug-likeness (QED) is 0.816. The van der Waals surface area contributed by atoms with Crippen LogP contribution in [0.25, 0.3) is 0 Å². The number of hydrazone groups is 1. The zero-order valence-corrected chi connectivity index (χ0v) is 13.6. The Kier molecular flexibility index (Phi) is 5.56. The van der Waals surface area contributed by atoms with Crippen molar-refractivity contribution in [3.63, 3.8) is 0 Å². The van der Waals surface area contributed by atoms with Gasteiger partial charge >= 0.3 is 0 Å². The van der Waals surface area contributed by atoms with Crippen LogP contribution in [-0.4, -0.2) is 38.3 Å². The third-order valence-corrected chi connectivity index (χ3v) is 3.64. The highest BCUT2D eigenvalue weighted by Gasteiger charge is 2.18. The molecule has 2 amide bonds. The SMILES string of the molecule is COc1cc(CCNC(=O)C2=NNC(=O)CC2)c(OC)cc1C. The first-order valence-electron chi connectivity index (χ1n) is 7.40. The number of carbonyl (C=O) groups is 2. The Bertz CT molecular complexity index is 640. The molecule has 0 atom stereocenters. The van der Waals surface area contributed by atoms with Crippen molar-refractivity contribution in [1.82, 2.24) is 10.7 Å². The maximum Gasteiger partial charge on any atom is 0.267 e. The number of hydrogen-bond acceptors (Lipinski definition) is 5. The van der Waals surface area contributed by atoms with Gasteiger partial charge in [0.15, 0.2) is 0 Å². The lowest BCUT2D eigenvalue weighted by atomic mass is 10.1. The molecule has 7 heteroatoms. The van der Waals surface area contributed by atoms with Crippen molar-refractivity contribution in [2.75, 3.05) is 20.8 Å². The van der Waals surface area contributed by atoms with Gasteiger partial charge < -0.3 is 14.8 Å².